The lowest BCUT2D eigenvalue weighted by molar-refractivity contribution is -0.137. The quantitative estimate of drug-likeness (QED) is 0.765. The minimum Gasteiger partial charge on any atom is -0.257 e. The summed E-state index contributed by atoms with van der Waals surface area (Å²) in [4.78, 5) is 0. The van der Waals surface area contributed by atoms with Gasteiger partial charge in [0, 0.05) is 6.07 Å². The molecule has 15 heavy (non-hydrogen) atoms. The van der Waals surface area contributed by atoms with Gasteiger partial charge in [0.2, 0.25) is 0 Å². The van der Waals surface area contributed by atoms with E-state index < -0.39 is 11.7 Å². The van der Waals surface area contributed by atoms with Crippen LogP contribution < -0.4 is 5.43 Å². The summed E-state index contributed by atoms with van der Waals surface area (Å²) in [6.45, 7) is 0. The van der Waals surface area contributed by atoms with Gasteiger partial charge in [0.25, 0.3) is 0 Å². The summed E-state index contributed by atoms with van der Waals surface area (Å²) in [6, 6.07) is 6.04. The number of nitrogens with one attached hydrogen (secondary N) is 1. The Morgan fingerprint density at radius 2 is 2.13 bits per heavy atom. The average molecular weight is 210 g/mol. The molecule has 0 bridgehead atoms. The molecular formula is C9H3F3N3. The van der Waals surface area contributed by atoms with Crippen molar-refractivity contribution in [1.29, 1.82) is 5.26 Å². The first kappa shape index (κ1) is 9.52. The number of alkyl halides is 3. The SMILES string of the molecule is N#Cc1[c]ccc(C(F)(F)F)c1C1=NN1. The molecule has 0 aliphatic carbocycles. The van der Waals surface area contributed by atoms with Crippen LogP contribution in [0, 0.1) is 17.4 Å². The number of hydrogen-bond acceptors (Lipinski definition) is 3. The zero-order valence-electron chi connectivity index (χ0n) is 7.18. The summed E-state index contributed by atoms with van der Waals surface area (Å²) in [5.74, 6) is 0.0794. The molecule has 1 N–H and O–H groups in total. The third-order valence-corrected chi connectivity index (χ3v) is 1.87. The van der Waals surface area contributed by atoms with Crippen molar-refractivity contribution in [2.45, 2.75) is 6.18 Å². The highest BCUT2D eigenvalue weighted by molar-refractivity contribution is 6.08. The molecule has 1 aromatic rings. The van der Waals surface area contributed by atoms with Gasteiger partial charge in [0.1, 0.15) is 6.07 Å². The molecule has 1 heterocycles. The van der Waals surface area contributed by atoms with Gasteiger partial charge in [0.15, 0.2) is 5.84 Å². The van der Waals surface area contributed by atoms with Crippen LogP contribution in [0.2, 0.25) is 0 Å². The lowest BCUT2D eigenvalue weighted by atomic mass is 10.0. The minimum absolute atomic E-state index is 0.0794. The van der Waals surface area contributed by atoms with E-state index in [1.807, 2.05) is 0 Å². The number of rotatable bonds is 1. The second-order valence-corrected chi connectivity index (χ2v) is 2.82. The van der Waals surface area contributed by atoms with Gasteiger partial charge in [-0.1, -0.05) is 6.07 Å². The molecule has 0 saturated heterocycles. The molecule has 0 fully saturated rings. The maximum Gasteiger partial charge on any atom is 0.417 e. The topological polar surface area (TPSA) is 58.1 Å². The fraction of sp³-hybridized carbons (Fsp3) is 0.111. The summed E-state index contributed by atoms with van der Waals surface area (Å²) >= 11 is 0. The highest BCUT2D eigenvalue weighted by atomic mass is 19.4. The van der Waals surface area contributed by atoms with Gasteiger partial charge >= 0.3 is 6.18 Å². The van der Waals surface area contributed by atoms with E-state index in [1.54, 1.807) is 6.07 Å². The Kier molecular flexibility index (Phi) is 1.89. The van der Waals surface area contributed by atoms with Gasteiger partial charge in [-0.15, -0.1) is 0 Å². The van der Waals surface area contributed by atoms with Crippen LogP contribution in [0.5, 0.6) is 0 Å². The monoisotopic (exact) mass is 210 g/mol. The Morgan fingerprint density at radius 3 is 2.60 bits per heavy atom. The van der Waals surface area contributed by atoms with Crippen molar-refractivity contribution in [3.63, 3.8) is 0 Å². The number of benzene rings is 1. The number of hydrogen-bond donors (Lipinski definition) is 1. The molecule has 0 atom stereocenters. The van der Waals surface area contributed by atoms with Gasteiger partial charge in [-0.2, -0.15) is 23.5 Å². The molecule has 2 rings (SSSR count). The summed E-state index contributed by atoms with van der Waals surface area (Å²) in [5.41, 5.74) is 1.05. The van der Waals surface area contributed by atoms with Gasteiger partial charge in [0.05, 0.1) is 16.7 Å². The first-order chi connectivity index (χ1) is 7.04. The highest BCUT2D eigenvalue weighted by Crippen LogP contribution is 2.34. The third kappa shape index (κ3) is 1.64. The van der Waals surface area contributed by atoms with E-state index in [2.05, 4.69) is 16.6 Å². The summed E-state index contributed by atoms with van der Waals surface area (Å²) in [5, 5.41) is 12.1. The normalized spacial score (nSPS) is 13.9. The summed E-state index contributed by atoms with van der Waals surface area (Å²) in [6.07, 6.45) is -4.50. The minimum atomic E-state index is -4.50. The summed E-state index contributed by atoms with van der Waals surface area (Å²) in [7, 11) is 0. The molecule has 0 spiro atoms. The van der Waals surface area contributed by atoms with Crippen molar-refractivity contribution in [2.75, 3.05) is 0 Å². The predicted molar refractivity (Wildman–Crippen MR) is 44.7 cm³/mol. The Bertz CT molecular complexity index is 482. The zero-order chi connectivity index (χ0) is 11.1. The fourth-order valence-electron chi connectivity index (χ4n) is 1.21. The molecule has 3 nitrogen and oxygen atoms in total. The maximum atomic E-state index is 12.5. The van der Waals surface area contributed by atoms with E-state index in [1.165, 1.54) is 0 Å². The van der Waals surface area contributed by atoms with E-state index in [9.17, 15) is 13.2 Å². The van der Waals surface area contributed by atoms with Crippen molar-refractivity contribution in [1.82, 2.24) is 5.43 Å². The van der Waals surface area contributed by atoms with Crippen molar-refractivity contribution < 1.29 is 13.2 Å². The molecule has 0 amide bonds. The van der Waals surface area contributed by atoms with Gasteiger partial charge < -0.3 is 0 Å². The average Bonchev–Trinajstić information content (AvgIpc) is 2.98. The first-order valence-electron chi connectivity index (χ1n) is 3.90. The largest absolute Gasteiger partial charge is 0.417 e. The van der Waals surface area contributed by atoms with Gasteiger partial charge in [-0.3, -0.25) is 5.43 Å². The van der Waals surface area contributed by atoms with E-state index in [4.69, 9.17) is 5.26 Å². The molecule has 1 radical (unpaired) electrons. The number of nitrogens with zero attached hydrogens (tertiary/aromatic N) is 2. The summed E-state index contributed by atoms with van der Waals surface area (Å²) < 4.78 is 37.6. The lowest BCUT2D eigenvalue weighted by Gasteiger charge is -2.09. The predicted octanol–water partition coefficient (Wildman–Crippen LogP) is 1.64. The number of nitriles is 1. The fourth-order valence-corrected chi connectivity index (χ4v) is 1.21. The van der Waals surface area contributed by atoms with Crippen molar-refractivity contribution in [2.24, 2.45) is 5.10 Å². The van der Waals surface area contributed by atoms with Crippen LogP contribution in [0.3, 0.4) is 0 Å². The highest BCUT2D eigenvalue weighted by Gasteiger charge is 2.37. The second kappa shape index (κ2) is 2.98. The second-order valence-electron chi connectivity index (χ2n) is 2.82. The van der Waals surface area contributed by atoms with Crippen LogP contribution in [0.25, 0.3) is 0 Å². The molecule has 1 aromatic carbocycles. The Labute approximate surface area is 82.8 Å². The smallest absolute Gasteiger partial charge is 0.257 e. The van der Waals surface area contributed by atoms with Crippen LogP contribution in [0.4, 0.5) is 13.2 Å². The van der Waals surface area contributed by atoms with E-state index in [0.29, 0.717) is 0 Å². The number of amidine groups is 1. The van der Waals surface area contributed by atoms with E-state index >= 15 is 0 Å². The third-order valence-electron chi connectivity index (χ3n) is 1.87. The lowest BCUT2D eigenvalue weighted by Crippen LogP contribution is -2.13. The van der Waals surface area contributed by atoms with Crippen LogP contribution in [-0.2, 0) is 6.18 Å². The molecule has 0 aromatic heterocycles. The zero-order valence-corrected chi connectivity index (χ0v) is 7.18. The number of halogens is 3. The van der Waals surface area contributed by atoms with Gasteiger partial charge in [-0.25, -0.2) is 0 Å². The van der Waals surface area contributed by atoms with E-state index in [0.717, 1.165) is 12.1 Å². The standard InChI is InChI=1S/C9H3F3N3/c10-9(11,12)6-3-1-2-5(4-13)7(6)8-14-15-8/h1,3H,(H,14,15). The molecule has 1 aliphatic heterocycles. The molecule has 6 heteroatoms. The van der Waals surface area contributed by atoms with Gasteiger partial charge in [-0.05, 0) is 6.07 Å². The molecular weight excluding hydrogens is 207 g/mol. The molecule has 75 valence electrons. The molecule has 1 aliphatic rings. The molecule has 0 saturated carbocycles. The number of hydrazone groups is 1. The first-order valence-corrected chi connectivity index (χ1v) is 3.90. The van der Waals surface area contributed by atoms with Crippen LogP contribution >= 0.6 is 0 Å². The van der Waals surface area contributed by atoms with Crippen LogP contribution in [-0.4, -0.2) is 5.84 Å². The van der Waals surface area contributed by atoms with E-state index in [-0.39, 0.29) is 17.0 Å². The van der Waals surface area contributed by atoms with Crippen molar-refractivity contribution in [3.05, 3.63) is 34.9 Å². The maximum absolute atomic E-state index is 12.5. The Balaban J connectivity index is 2.65. The van der Waals surface area contributed by atoms with Crippen molar-refractivity contribution in [3.8, 4) is 6.07 Å². The molecule has 0 unspecified atom stereocenters. The Hall–Kier alpha value is -2.03. The Morgan fingerprint density at radius 1 is 1.47 bits per heavy atom. The van der Waals surface area contributed by atoms with Crippen molar-refractivity contribution >= 4 is 5.84 Å². The van der Waals surface area contributed by atoms with Crippen LogP contribution in [0.15, 0.2) is 17.2 Å². The van der Waals surface area contributed by atoms with Crippen LogP contribution in [0.1, 0.15) is 16.7 Å².